The van der Waals surface area contributed by atoms with Crippen molar-refractivity contribution in [2.24, 2.45) is 7.05 Å². The summed E-state index contributed by atoms with van der Waals surface area (Å²) >= 11 is 2.19. The molecule has 1 aromatic heterocycles. The Morgan fingerprint density at radius 1 is 1.47 bits per heavy atom. The second kappa shape index (κ2) is 7.95. The van der Waals surface area contributed by atoms with Gasteiger partial charge in [-0.25, -0.2) is 0 Å². The highest BCUT2D eigenvalue weighted by Gasteiger charge is 2.17. The van der Waals surface area contributed by atoms with E-state index in [1.54, 1.807) is 0 Å². The second-order valence-corrected chi connectivity index (χ2v) is 6.89. The lowest BCUT2D eigenvalue weighted by Crippen LogP contribution is -2.32. The largest absolute Gasteiger partial charge is 0.313 e. The van der Waals surface area contributed by atoms with E-state index in [-0.39, 0.29) is 0 Å². The molecular weight excluding hydrogens is 254 g/mol. The number of thioether (sulfide) groups is 1. The number of hydrogen-bond acceptors (Lipinski definition) is 3. The molecule has 1 aliphatic carbocycles. The molecule has 1 atom stereocenters. The summed E-state index contributed by atoms with van der Waals surface area (Å²) in [5.74, 6) is 1.26. The molecule has 1 fully saturated rings. The van der Waals surface area contributed by atoms with Gasteiger partial charge in [-0.15, -0.1) is 0 Å². The molecule has 4 heteroatoms. The van der Waals surface area contributed by atoms with Gasteiger partial charge >= 0.3 is 0 Å². The molecule has 1 aromatic rings. The van der Waals surface area contributed by atoms with E-state index in [1.807, 2.05) is 17.9 Å². The third-order valence-electron chi connectivity index (χ3n) is 3.87. The summed E-state index contributed by atoms with van der Waals surface area (Å²) in [6, 6.07) is 0.649. The Hall–Kier alpha value is -0.480. The number of aromatic nitrogens is 2. The van der Waals surface area contributed by atoms with Gasteiger partial charge < -0.3 is 5.32 Å². The number of nitrogens with zero attached hydrogens (tertiary/aromatic N) is 2. The molecule has 0 bridgehead atoms. The van der Waals surface area contributed by atoms with Crippen molar-refractivity contribution in [3.63, 3.8) is 0 Å². The SMILES string of the molecule is CCNC(CCc1cnn(C)c1)CSC1CCCC1. The van der Waals surface area contributed by atoms with Crippen LogP contribution < -0.4 is 5.32 Å². The topological polar surface area (TPSA) is 29.9 Å². The molecule has 2 rings (SSSR count). The van der Waals surface area contributed by atoms with Crippen LogP contribution in [-0.2, 0) is 13.5 Å². The van der Waals surface area contributed by atoms with E-state index >= 15 is 0 Å². The highest BCUT2D eigenvalue weighted by molar-refractivity contribution is 7.99. The predicted octanol–water partition coefficient (Wildman–Crippen LogP) is 3.01. The van der Waals surface area contributed by atoms with Gasteiger partial charge in [0.25, 0.3) is 0 Å². The average molecular weight is 281 g/mol. The first-order valence-corrected chi connectivity index (χ1v) is 8.65. The zero-order chi connectivity index (χ0) is 13.5. The van der Waals surface area contributed by atoms with Crippen molar-refractivity contribution in [2.45, 2.75) is 56.7 Å². The van der Waals surface area contributed by atoms with Crippen LogP contribution in [0.3, 0.4) is 0 Å². The summed E-state index contributed by atoms with van der Waals surface area (Å²) in [6.45, 7) is 3.28. The molecule has 0 aliphatic heterocycles. The maximum Gasteiger partial charge on any atom is 0.0521 e. The van der Waals surface area contributed by atoms with Crippen LogP contribution >= 0.6 is 11.8 Å². The zero-order valence-electron chi connectivity index (χ0n) is 12.3. The quantitative estimate of drug-likeness (QED) is 0.794. The smallest absolute Gasteiger partial charge is 0.0521 e. The fourth-order valence-electron chi connectivity index (χ4n) is 2.78. The zero-order valence-corrected chi connectivity index (χ0v) is 13.1. The van der Waals surface area contributed by atoms with Gasteiger partial charge in [0.1, 0.15) is 0 Å². The van der Waals surface area contributed by atoms with Crippen LogP contribution in [0.4, 0.5) is 0 Å². The van der Waals surface area contributed by atoms with Crippen LogP contribution in [0.25, 0.3) is 0 Å². The van der Waals surface area contributed by atoms with Crippen molar-refractivity contribution < 1.29 is 0 Å². The second-order valence-electron chi connectivity index (χ2n) is 5.56. The van der Waals surface area contributed by atoms with Gasteiger partial charge in [-0.1, -0.05) is 19.8 Å². The summed E-state index contributed by atoms with van der Waals surface area (Å²) in [5, 5.41) is 8.81. The first-order chi connectivity index (χ1) is 9.28. The third kappa shape index (κ3) is 5.19. The lowest BCUT2D eigenvalue weighted by molar-refractivity contribution is 0.537. The maximum absolute atomic E-state index is 4.24. The fourth-order valence-corrected chi connectivity index (χ4v) is 4.24. The number of hydrogen-bond donors (Lipinski definition) is 1. The van der Waals surface area contributed by atoms with E-state index < -0.39 is 0 Å². The van der Waals surface area contributed by atoms with Crippen LogP contribution in [0, 0.1) is 0 Å². The Morgan fingerprint density at radius 3 is 2.89 bits per heavy atom. The van der Waals surface area contributed by atoms with Crippen molar-refractivity contribution in [2.75, 3.05) is 12.3 Å². The Bertz CT molecular complexity index is 358. The standard InChI is InChI=1S/C15H27N3S/c1-3-16-14(12-19-15-6-4-5-7-15)9-8-13-10-17-18(2)11-13/h10-11,14-16H,3-9,12H2,1-2H3. The third-order valence-corrected chi connectivity index (χ3v) is 5.41. The number of nitrogens with one attached hydrogen (secondary N) is 1. The molecule has 19 heavy (non-hydrogen) atoms. The van der Waals surface area contributed by atoms with Crippen molar-refractivity contribution in [1.29, 1.82) is 0 Å². The van der Waals surface area contributed by atoms with Crippen molar-refractivity contribution in [3.8, 4) is 0 Å². The molecule has 1 unspecified atom stereocenters. The highest BCUT2D eigenvalue weighted by Crippen LogP contribution is 2.30. The molecule has 0 radical (unpaired) electrons. The van der Waals surface area contributed by atoms with Gasteiger partial charge in [-0.3, -0.25) is 4.68 Å². The normalized spacial score (nSPS) is 18.0. The minimum Gasteiger partial charge on any atom is -0.313 e. The molecule has 1 saturated carbocycles. The van der Waals surface area contributed by atoms with Crippen LogP contribution in [0.1, 0.15) is 44.6 Å². The number of aryl methyl sites for hydroxylation is 2. The average Bonchev–Trinajstić information content (AvgIpc) is 3.04. The Morgan fingerprint density at radius 2 is 2.26 bits per heavy atom. The monoisotopic (exact) mass is 281 g/mol. The molecule has 1 aliphatic rings. The van der Waals surface area contributed by atoms with Crippen LogP contribution in [0.5, 0.6) is 0 Å². The summed E-state index contributed by atoms with van der Waals surface area (Å²) in [5.41, 5.74) is 1.36. The first kappa shape index (κ1) is 14.9. The summed E-state index contributed by atoms with van der Waals surface area (Å²) in [4.78, 5) is 0. The molecule has 1 N–H and O–H groups in total. The van der Waals surface area contributed by atoms with Crippen molar-refractivity contribution in [3.05, 3.63) is 18.0 Å². The Kier molecular flexibility index (Phi) is 6.24. The molecule has 108 valence electrons. The highest BCUT2D eigenvalue weighted by atomic mass is 32.2. The number of rotatable bonds is 8. The molecule has 0 spiro atoms. The van der Waals surface area contributed by atoms with Crippen molar-refractivity contribution >= 4 is 11.8 Å². The summed E-state index contributed by atoms with van der Waals surface area (Å²) in [6.07, 6.45) is 12.2. The van der Waals surface area contributed by atoms with Gasteiger partial charge in [0, 0.05) is 30.3 Å². The van der Waals surface area contributed by atoms with E-state index in [2.05, 4.69) is 35.3 Å². The Balaban J connectivity index is 1.71. The van der Waals surface area contributed by atoms with Gasteiger partial charge in [0.15, 0.2) is 0 Å². The molecule has 0 aromatic carbocycles. The maximum atomic E-state index is 4.24. The van der Waals surface area contributed by atoms with Gasteiger partial charge in [0.05, 0.1) is 6.20 Å². The van der Waals surface area contributed by atoms with Crippen LogP contribution in [0.15, 0.2) is 12.4 Å². The van der Waals surface area contributed by atoms with Crippen LogP contribution in [-0.4, -0.2) is 33.4 Å². The summed E-state index contributed by atoms with van der Waals surface area (Å²) < 4.78 is 1.89. The van der Waals surface area contributed by atoms with E-state index in [4.69, 9.17) is 0 Å². The van der Waals surface area contributed by atoms with E-state index in [1.165, 1.54) is 43.4 Å². The minimum absolute atomic E-state index is 0.649. The van der Waals surface area contributed by atoms with E-state index in [0.717, 1.165) is 18.2 Å². The van der Waals surface area contributed by atoms with Gasteiger partial charge in [0.2, 0.25) is 0 Å². The van der Waals surface area contributed by atoms with E-state index in [9.17, 15) is 0 Å². The van der Waals surface area contributed by atoms with Crippen molar-refractivity contribution in [1.82, 2.24) is 15.1 Å². The van der Waals surface area contributed by atoms with Gasteiger partial charge in [-0.2, -0.15) is 16.9 Å². The minimum atomic E-state index is 0.649. The van der Waals surface area contributed by atoms with Gasteiger partial charge in [-0.05, 0) is 37.8 Å². The molecule has 0 saturated heterocycles. The summed E-state index contributed by atoms with van der Waals surface area (Å²) in [7, 11) is 1.99. The Labute approximate surface area is 121 Å². The molecule has 3 nitrogen and oxygen atoms in total. The first-order valence-electron chi connectivity index (χ1n) is 7.60. The van der Waals surface area contributed by atoms with Crippen LogP contribution in [0.2, 0.25) is 0 Å². The molecule has 0 amide bonds. The predicted molar refractivity (Wildman–Crippen MR) is 83.7 cm³/mol. The lowest BCUT2D eigenvalue weighted by atomic mass is 10.1. The molecule has 1 heterocycles. The molecular formula is C15H27N3S. The fraction of sp³-hybridized carbons (Fsp3) is 0.800. The van der Waals surface area contributed by atoms with E-state index in [0.29, 0.717) is 6.04 Å². The lowest BCUT2D eigenvalue weighted by Gasteiger charge is -2.19.